The number of hydrogen-bond donors (Lipinski definition) is 0. The Hall–Kier alpha value is -2.19. The zero-order chi connectivity index (χ0) is 34.3. The quantitative estimate of drug-likeness (QED) is 0.0319. The van der Waals surface area contributed by atoms with Crippen LogP contribution in [0.25, 0.3) is 0 Å². The molecule has 268 valence electrons. The van der Waals surface area contributed by atoms with Crippen LogP contribution in [0, 0.1) is 0 Å². The Labute approximate surface area is 281 Å². The lowest BCUT2D eigenvalue weighted by Crippen LogP contribution is -2.55. The Morgan fingerprint density at radius 1 is 0.630 bits per heavy atom. The smallest absolute Gasteiger partial charge is 0.306 e. The summed E-state index contributed by atoms with van der Waals surface area (Å²) in [5, 5.41) is 11.5. The van der Waals surface area contributed by atoms with E-state index in [1.807, 2.05) is 6.08 Å². The molecule has 8 heteroatoms. The zero-order valence-electron chi connectivity index (χ0n) is 30.2. The summed E-state index contributed by atoms with van der Waals surface area (Å²) in [6.45, 7) is 4.53. The summed E-state index contributed by atoms with van der Waals surface area (Å²) in [5.41, 5.74) is 0. The van der Waals surface area contributed by atoms with Crippen molar-refractivity contribution >= 4 is 17.9 Å². The van der Waals surface area contributed by atoms with E-state index in [1.165, 1.54) is 64.2 Å². The molecule has 0 aromatic heterocycles. The van der Waals surface area contributed by atoms with Crippen molar-refractivity contribution in [3.63, 3.8) is 0 Å². The number of nitrogens with zero attached hydrogens (tertiary/aromatic N) is 1. The topological polar surface area (TPSA) is 102 Å². The number of ether oxygens (including phenoxy) is 3. The summed E-state index contributed by atoms with van der Waals surface area (Å²) in [6.07, 6.45) is 29.4. The number of rotatable bonds is 32. The van der Waals surface area contributed by atoms with Gasteiger partial charge in [0.1, 0.15) is 12.6 Å². The van der Waals surface area contributed by atoms with E-state index in [0.717, 1.165) is 44.9 Å². The van der Waals surface area contributed by atoms with Crippen molar-refractivity contribution < 1.29 is 38.2 Å². The van der Waals surface area contributed by atoms with E-state index in [1.54, 1.807) is 21.1 Å². The second-order valence-electron chi connectivity index (χ2n) is 13.4. The van der Waals surface area contributed by atoms with Crippen LogP contribution in [0.15, 0.2) is 24.3 Å². The molecule has 46 heavy (non-hydrogen) atoms. The Morgan fingerprint density at radius 3 is 1.67 bits per heavy atom. The average Bonchev–Trinajstić information content (AvgIpc) is 3.00. The second-order valence-corrected chi connectivity index (χ2v) is 13.4. The zero-order valence-corrected chi connectivity index (χ0v) is 30.2. The first kappa shape index (κ1) is 43.8. The van der Waals surface area contributed by atoms with Gasteiger partial charge in [-0.15, -0.1) is 0 Å². The minimum absolute atomic E-state index is 0.0222. The fourth-order valence-electron chi connectivity index (χ4n) is 5.14. The number of aliphatic carboxylic acids is 1. The number of carbonyl (C=O) groups excluding carboxylic acids is 3. The average molecular weight is 652 g/mol. The van der Waals surface area contributed by atoms with Crippen LogP contribution in [-0.2, 0) is 28.6 Å². The predicted molar refractivity (Wildman–Crippen MR) is 185 cm³/mol. The predicted octanol–water partition coefficient (Wildman–Crippen LogP) is 7.63. The maximum absolute atomic E-state index is 12.5. The molecule has 0 saturated heterocycles. The highest BCUT2D eigenvalue weighted by Gasteiger charge is 2.25. The van der Waals surface area contributed by atoms with Gasteiger partial charge in [0.15, 0.2) is 6.10 Å². The first-order valence-electron chi connectivity index (χ1n) is 18.4. The van der Waals surface area contributed by atoms with Gasteiger partial charge in [0.2, 0.25) is 0 Å². The molecule has 0 amide bonds. The minimum atomic E-state index is -1.13. The molecule has 0 spiro atoms. The van der Waals surface area contributed by atoms with Crippen molar-refractivity contribution in [3.05, 3.63) is 24.3 Å². The van der Waals surface area contributed by atoms with E-state index in [4.69, 9.17) is 14.2 Å². The lowest BCUT2D eigenvalue weighted by Gasteiger charge is -2.34. The number of quaternary nitrogens is 1. The number of likely N-dealkylation sites (N-methyl/N-ethyl adjacent to an activating group) is 1. The van der Waals surface area contributed by atoms with Crippen LogP contribution in [0.5, 0.6) is 0 Å². The fraction of sp³-hybridized carbons (Fsp3) is 0.816. The van der Waals surface area contributed by atoms with E-state index in [9.17, 15) is 19.5 Å². The SMILES string of the molecule is CCCCCC/C=C/CCC(=O)OC(COCCC(C(=O)[O-])[N+](C)(C)C)COC(=O)CCCCC/C=C/CCCCCCCCC. The molecular weight excluding hydrogens is 582 g/mol. The van der Waals surface area contributed by atoms with Gasteiger partial charge in [0.25, 0.3) is 0 Å². The van der Waals surface area contributed by atoms with Crippen LogP contribution in [0.3, 0.4) is 0 Å². The fourth-order valence-corrected chi connectivity index (χ4v) is 5.14. The van der Waals surface area contributed by atoms with Crippen molar-refractivity contribution in [2.75, 3.05) is 41.0 Å². The highest BCUT2D eigenvalue weighted by atomic mass is 16.6. The molecule has 0 rings (SSSR count). The number of allylic oxidation sites excluding steroid dienone is 4. The highest BCUT2D eigenvalue weighted by Crippen LogP contribution is 2.12. The molecule has 0 aromatic carbocycles. The van der Waals surface area contributed by atoms with Gasteiger partial charge in [-0.2, -0.15) is 0 Å². The first-order chi connectivity index (χ1) is 22.1. The third-order valence-corrected chi connectivity index (χ3v) is 8.07. The van der Waals surface area contributed by atoms with Gasteiger partial charge >= 0.3 is 11.9 Å². The highest BCUT2D eigenvalue weighted by molar-refractivity contribution is 5.70. The van der Waals surface area contributed by atoms with E-state index >= 15 is 0 Å². The molecule has 0 N–H and O–H groups in total. The molecular formula is C38H69NO7. The summed E-state index contributed by atoms with van der Waals surface area (Å²) in [4.78, 5) is 36.4. The third-order valence-electron chi connectivity index (χ3n) is 8.07. The van der Waals surface area contributed by atoms with Crippen LogP contribution in [0.4, 0.5) is 0 Å². The molecule has 0 fully saturated rings. The van der Waals surface area contributed by atoms with Crippen molar-refractivity contribution in [1.82, 2.24) is 0 Å². The molecule has 0 saturated carbocycles. The molecule has 0 aliphatic rings. The van der Waals surface area contributed by atoms with E-state index in [2.05, 4.69) is 32.1 Å². The molecule has 2 unspecified atom stereocenters. The molecule has 0 aliphatic carbocycles. The Balaban J connectivity index is 4.45. The van der Waals surface area contributed by atoms with Crippen molar-refractivity contribution in [2.45, 2.75) is 161 Å². The summed E-state index contributed by atoms with van der Waals surface area (Å²) < 4.78 is 16.9. The van der Waals surface area contributed by atoms with Gasteiger partial charge in [-0.05, 0) is 51.4 Å². The lowest BCUT2D eigenvalue weighted by atomic mass is 10.1. The van der Waals surface area contributed by atoms with Gasteiger partial charge < -0.3 is 28.6 Å². The molecule has 0 aromatic rings. The number of carboxylic acid groups (broad SMARTS) is 1. The maximum Gasteiger partial charge on any atom is 0.306 e. The lowest BCUT2D eigenvalue weighted by molar-refractivity contribution is -0.889. The van der Waals surface area contributed by atoms with Gasteiger partial charge in [-0.1, -0.05) is 102 Å². The molecule has 2 atom stereocenters. The van der Waals surface area contributed by atoms with E-state index in [0.29, 0.717) is 12.8 Å². The van der Waals surface area contributed by atoms with Crippen LogP contribution in [0.1, 0.15) is 149 Å². The van der Waals surface area contributed by atoms with Gasteiger partial charge in [0.05, 0.1) is 40.3 Å². The normalized spacial score (nSPS) is 13.3. The number of unbranched alkanes of at least 4 members (excludes halogenated alkanes) is 14. The van der Waals surface area contributed by atoms with Crippen molar-refractivity contribution in [2.24, 2.45) is 0 Å². The van der Waals surface area contributed by atoms with Gasteiger partial charge in [0, 0.05) is 19.3 Å². The van der Waals surface area contributed by atoms with Gasteiger partial charge in [-0.25, -0.2) is 0 Å². The van der Waals surface area contributed by atoms with E-state index < -0.39 is 18.1 Å². The largest absolute Gasteiger partial charge is 0.544 e. The number of hydrogen-bond acceptors (Lipinski definition) is 7. The summed E-state index contributed by atoms with van der Waals surface area (Å²) >= 11 is 0. The van der Waals surface area contributed by atoms with Crippen molar-refractivity contribution in [1.29, 1.82) is 0 Å². The Bertz CT molecular complexity index is 818. The van der Waals surface area contributed by atoms with Crippen LogP contribution in [0.2, 0.25) is 0 Å². The van der Waals surface area contributed by atoms with Crippen LogP contribution >= 0.6 is 0 Å². The van der Waals surface area contributed by atoms with E-state index in [-0.39, 0.29) is 49.1 Å². The summed E-state index contributed by atoms with van der Waals surface area (Å²) in [7, 11) is 5.37. The molecule has 0 radical (unpaired) electrons. The van der Waals surface area contributed by atoms with Crippen LogP contribution < -0.4 is 5.11 Å². The number of carbonyl (C=O) groups is 3. The molecule has 0 aliphatic heterocycles. The Morgan fingerprint density at radius 2 is 1.13 bits per heavy atom. The first-order valence-corrected chi connectivity index (χ1v) is 18.4. The standard InChI is InChI=1S/C38H69NO7/c1-6-8-10-12-14-16-17-18-19-20-21-23-24-26-28-36(40)45-33-34(32-44-31-30-35(38(42)43)39(3,4)5)46-37(41)29-27-25-22-15-13-11-9-7-2/h19-20,22,25,34-35H,6-18,21,23-24,26-33H2,1-5H3/b20-19+,25-22+. The monoisotopic (exact) mass is 652 g/mol. The van der Waals surface area contributed by atoms with Crippen molar-refractivity contribution in [3.8, 4) is 0 Å². The second kappa shape index (κ2) is 30.2. The summed E-state index contributed by atoms with van der Waals surface area (Å²) in [5.74, 6) is -1.83. The van der Waals surface area contributed by atoms with Gasteiger partial charge in [-0.3, -0.25) is 9.59 Å². The number of esters is 2. The molecule has 0 heterocycles. The third kappa shape index (κ3) is 28.1. The molecule has 0 bridgehead atoms. The van der Waals surface area contributed by atoms with Crippen LogP contribution in [-0.4, -0.2) is 75.5 Å². The number of carboxylic acids is 1. The maximum atomic E-state index is 12.5. The minimum Gasteiger partial charge on any atom is -0.544 e. The Kier molecular flexibility index (Phi) is 28.7. The molecule has 8 nitrogen and oxygen atoms in total. The summed E-state index contributed by atoms with van der Waals surface area (Å²) in [6, 6.07) is -0.729.